The van der Waals surface area contributed by atoms with Crippen LogP contribution >= 0.6 is 0 Å². The van der Waals surface area contributed by atoms with Crippen molar-refractivity contribution in [3.05, 3.63) is 60.4 Å². The summed E-state index contributed by atoms with van der Waals surface area (Å²) in [6.07, 6.45) is 3.56. The van der Waals surface area contributed by atoms with Crippen molar-refractivity contribution in [1.82, 2.24) is 19.3 Å². The molecule has 0 saturated heterocycles. The Balaban J connectivity index is 1.69. The fourth-order valence-electron chi connectivity index (χ4n) is 3.63. The Morgan fingerprint density at radius 3 is 2.35 bits per heavy atom. The van der Waals surface area contributed by atoms with E-state index >= 15 is 0 Å². The van der Waals surface area contributed by atoms with E-state index in [0.29, 0.717) is 46.6 Å². The molecule has 0 amide bonds. The van der Waals surface area contributed by atoms with Crippen LogP contribution < -0.4 is 24.2 Å². The third-order valence-corrected chi connectivity index (χ3v) is 6.81. The molecule has 34 heavy (non-hydrogen) atoms. The highest BCUT2D eigenvalue weighted by atomic mass is 32.2. The standard InChI is InChI=1S/C23H25N5O5S/c1-24-34(29,30)20-8-6-5-7-16(20)14-28-10-9-15-13-25-23(27-22(15)28)26-17-11-18(31-2)21(33-4)19(12-17)32-3/h5-13,24H,14H2,1-4H3,(H,25,26,27). The summed E-state index contributed by atoms with van der Waals surface area (Å²) in [4.78, 5) is 9.27. The molecule has 2 aromatic heterocycles. The Morgan fingerprint density at radius 1 is 1.00 bits per heavy atom. The van der Waals surface area contributed by atoms with Gasteiger partial charge in [0.15, 0.2) is 11.5 Å². The second-order valence-corrected chi connectivity index (χ2v) is 9.13. The second-order valence-electron chi connectivity index (χ2n) is 7.27. The van der Waals surface area contributed by atoms with E-state index in [1.807, 2.05) is 22.9 Å². The van der Waals surface area contributed by atoms with Gasteiger partial charge in [-0.25, -0.2) is 18.1 Å². The first-order chi connectivity index (χ1) is 16.4. The minimum Gasteiger partial charge on any atom is -0.493 e. The lowest BCUT2D eigenvalue weighted by atomic mass is 10.2. The minimum atomic E-state index is -3.60. The number of benzene rings is 2. The molecule has 2 aromatic carbocycles. The molecular weight excluding hydrogens is 458 g/mol. The van der Waals surface area contributed by atoms with Crippen LogP contribution in [0.4, 0.5) is 11.6 Å². The average molecular weight is 484 g/mol. The zero-order chi connectivity index (χ0) is 24.3. The van der Waals surface area contributed by atoms with Crippen LogP contribution in [0.25, 0.3) is 11.0 Å². The van der Waals surface area contributed by atoms with Gasteiger partial charge in [0, 0.05) is 35.6 Å². The lowest BCUT2D eigenvalue weighted by molar-refractivity contribution is 0.324. The molecule has 0 unspecified atom stereocenters. The summed E-state index contributed by atoms with van der Waals surface area (Å²) in [5, 5.41) is 3.99. The van der Waals surface area contributed by atoms with Gasteiger partial charge in [-0.2, -0.15) is 4.98 Å². The molecular formula is C23H25N5O5S. The first-order valence-electron chi connectivity index (χ1n) is 10.3. The summed E-state index contributed by atoms with van der Waals surface area (Å²) < 4.78 is 45.3. The number of nitrogens with zero attached hydrogens (tertiary/aromatic N) is 3. The summed E-state index contributed by atoms with van der Waals surface area (Å²) in [7, 11) is 2.43. The average Bonchev–Trinajstić information content (AvgIpc) is 3.25. The maximum atomic E-state index is 12.4. The van der Waals surface area contributed by atoms with Gasteiger partial charge in [-0.15, -0.1) is 0 Å². The number of rotatable bonds is 9. The van der Waals surface area contributed by atoms with E-state index in [9.17, 15) is 8.42 Å². The zero-order valence-corrected chi connectivity index (χ0v) is 20.0. The van der Waals surface area contributed by atoms with Crippen molar-refractivity contribution in [1.29, 1.82) is 0 Å². The summed E-state index contributed by atoms with van der Waals surface area (Å²) in [6, 6.07) is 12.3. The molecule has 0 fully saturated rings. The normalized spacial score (nSPS) is 11.4. The zero-order valence-electron chi connectivity index (χ0n) is 19.2. The summed E-state index contributed by atoms with van der Waals surface area (Å²) >= 11 is 0. The van der Waals surface area contributed by atoms with Crippen LogP contribution in [0.15, 0.2) is 59.8 Å². The predicted molar refractivity (Wildman–Crippen MR) is 129 cm³/mol. The number of sulfonamides is 1. The van der Waals surface area contributed by atoms with E-state index < -0.39 is 10.0 Å². The number of hydrogen-bond acceptors (Lipinski definition) is 8. The highest BCUT2D eigenvalue weighted by molar-refractivity contribution is 7.89. The number of ether oxygens (including phenoxy) is 3. The van der Waals surface area contributed by atoms with Crippen molar-refractivity contribution >= 4 is 32.7 Å². The van der Waals surface area contributed by atoms with E-state index in [1.54, 1.807) is 57.9 Å². The number of anilines is 2. The van der Waals surface area contributed by atoms with Crippen LogP contribution in [0.1, 0.15) is 5.56 Å². The molecule has 11 heteroatoms. The van der Waals surface area contributed by atoms with Gasteiger partial charge in [0.05, 0.1) is 32.8 Å². The number of nitrogens with one attached hydrogen (secondary N) is 2. The van der Waals surface area contributed by atoms with Crippen LogP contribution in [0.3, 0.4) is 0 Å². The Kier molecular flexibility index (Phi) is 6.57. The molecule has 0 aliphatic carbocycles. The fourth-order valence-corrected chi connectivity index (χ4v) is 4.59. The van der Waals surface area contributed by atoms with Crippen molar-refractivity contribution < 1.29 is 22.6 Å². The molecule has 0 saturated carbocycles. The maximum Gasteiger partial charge on any atom is 0.240 e. The quantitative estimate of drug-likeness (QED) is 0.373. The Hall–Kier alpha value is -3.83. The van der Waals surface area contributed by atoms with Gasteiger partial charge in [0.1, 0.15) is 5.65 Å². The monoisotopic (exact) mass is 483 g/mol. The van der Waals surface area contributed by atoms with Crippen LogP contribution in [-0.2, 0) is 16.6 Å². The van der Waals surface area contributed by atoms with Crippen LogP contribution in [0.2, 0.25) is 0 Å². The highest BCUT2D eigenvalue weighted by Gasteiger charge is 2.18. The largest absolute Gasteiger partial charge is 0.493 e. The number of fused-ring (bicyclic) bond motifs is 1. The van der Waals surface area contributed by atoms with Gasteiger partial charge in [-0.3, -0.25) is 0 Å². The van der Waals surface area contributed by atoms with E-state index in [4.69, 9.17) is 14.2 Å². The SMILES string of the molecule is CNS(=O)(=O)c1ccccc1Cn1ccc2cnc(Nc3cc(OC)c(OC)c(OC)c3)nc21. The Bertz CT molecular complexity index is 1410. The first-order valence-corrected chi connectivity index (χ1v) is 11.8. The van der Waals surface area contributed by atoms with Crippen molar-refractivity contribution in [3.8, 4) is 17.2 Å². The number of methoxy groups -OCH3 is 3. The van der Waals surface area contributed by atoms with Gasteiger partial charge in [0.2, 0.25) is 21.7 Å². The van der Waals surface area contributed by atoms with Crippen molar-refractivity contribution in [2.45, 2.75) is 11.4 Å². The van der Waals surface area contributed by atoms with E-state index in [0.717, 1.165) is 5.39 Å². The molecule has 2 heterocycles. The number of hydrogen-bond donors (Lipinski definition) is 2. The summed E-state index contributed by atoms with van der Waals surface area (Å²) in [5.74, 6) is 1.83. The van der Waals surface area contributed by atoms with E-state index in [1.165, 1.54) is 7.05 Å². The molecule has 4 rings (SSSR count). The van der Waals surface area contributed by atoms with Gasteiger partial charge < -0.3 is 24.1 Å². The molecule has 0 aliphatic heterocycles. The minimum absolute atomic E-state index is 0.226. The maximum absolute atomic E-state index is 12.4. The topological polar surface area (TPSA) is 117 Å². The van der Waals surface area contributed by atoms with E-state index in [-0.39, 0.29) is 4.90 Å². The molecule has 0 bridgehead atoms. The molecule has 2 N–H and O–H groups in total. The Morgan fingerprint density at radius 2 is 1.71 bits per heavy atom. The Labute approximate surface area is 197 Å². The van der Waals surface area contributed by atoms with Crippen molar-refractivity contribution in [2.75, 3.05) is 33.7 Å². The smallest absolute Gasteiger partial charge is 0.240 e. The third-order valence-electron chi connectivity index (χ3n) is 5.29. The van der Waals surface area contributed by atoms with Gasteiger partial charge in [0.25, 0.3) is 0 Å². The predicted octanol–water partition coefficient (Wildman–Crippen LogP) is 3.16. The van der Waals surface area contributed by atoms with Crippen LogP contribution in [0, 0.1) is 0 Å². The molecule has 178 valence electrons. The molecule has 0 aliphatic rings. The molecule has 0 atom stereocenters. The van der Waals surface area contributed by atoms with Crippen LogP contribution in [-0.4, -0.2) is 51.3 Å². The first kappa shape index (κ1) is 23.3. The fraction of sp³-hybridized carbons (Fsp3) is 0.217. The molecule has 0 spiro atoms. The lowest BCUT2D eigenvalue weighted by Gasteiger charge is -2.15. The molecule has 4 aromatic rings. The third kappa shape index (κ3) is 4.47. The molecule has 10 nitrogen and oxygen atoms in total. The summed E-state index contributed by atoms with van der Waals surface area (Å²) in [6.45, 7) is 0.321. The lowest BCUT2D eigenvalue weighted by Crippen LogP contribution is -2.20. The van der Waals surface area contributed by atoms with Crippen LogP contribution in [0.5, 0.6) is 17.2 Å². The summed E-state index contributed by atoms with van der Waals surface area (Å²) in [5.41, 5.74) is 1.95. The van der Waals surface area contributed by atoms with Gasteiger partial charge >= 0.3 is 0 Å². The van der Waals surface area contributed by atoms with Crippen molar-refractivity contribution in [2.24, 2.45) is 0 Å². The highest BCUT2D eigenvalue weighted by Crippen LogP contribution is 2.40. The molecule has 0 radical (unpaired) electrons. The van der Waals surface area contributed by atoms with Gasteiger partial charge in [-0.05, 0) is 24.7 Å². The number of aromatic nitrogens is 3. The van der Waals surface area contributed by atoms with E-state index in [2.05, 4.69) is 20.0 Å². The second kappa shape index (κ2) is 9.57. The van der Waals surface area contributed by atoms with Gasteiger partial charge in [-0.1, -0.05) is 18.2 Å². The van der Waals surface area contributed by atoms with Crippen molar-refractivity contribution in [3.63, 3.8) is 0 Å².